The van der Waals surface area contributed by atoms with E-state index in [1.165, 1.54) is 6.07 Å². The Morgan fingerprint density at radius 1 is 1.30 bits per heavy atom. The van der Waals surface area contributed by atoms with E-state index in [-0.39, 0.29) is 17.9 Å². The van der Waals surface area contributed by atoms with Crippen LogP contribution >= 0.6 is 0 Å². The molecule has 0 aromatic heterocycles. The summed E-state index contributed by atoms with van der Waals surface area (Å²) in [6.07, 6.45) is 0.140. The SMILES string of the molecule is CC(C)C[C@@H](NC(=O)Cc1ccc(F)cc1F)C(N)=O. The highest BCUT2D eigenvalue weighted by Crippen LogP contribution is 2.11. The first kappa shape index (κ1) is 16.1. The maximum absolute atomic E-state index is 13.4. The molecule has 1 atom stereocenters. The van der Waals surface area contributed by atoms with Crippen LogP contribution < -0.4 is 11.1 Å². The molecular weight excluding hydrogens is 266 g/mol. The molecule has 0 unspecified atom stereocenters. The molecule has 110 valence electrons. The van der Waals surface area contributed by atoms with E-state index in [0.717, 1.165) is 6.07 Å². The van der Waals surface area contributed by atoms with Gasteiger partial charge in [-0.15, -0.1) is 0 Å². The van der Waals surface area contributed by atoms with Gasteiger partial charge in [0, 0.05) is 6.07 Å². The number of halogens is 2. The van der Waals surface area contributed by atoms with E-state index in [0.29, 0.717) is 12.5 Å². The number of carbonyl (C=O) groups excluding carboxylic acids is 2. The van der Waals surface area contributed by atoms with E-state index in [1.54, 1.807) is 0 Å². The van der Waals surface area contributed by atoms with Crippen molar-refractivity contribution < 1.29 is 18.4 Å². The second-order valence-corrected chi connectivity index (χ2v) is 5.06. The molecule has 6 heteroatoms. The molecule has 0 heterocycles. The summed E-state index contributed by atoms with van der Waals surface area (Å²) in [5.74, 6) is -2.48. The highest BCUT2D eigenvalue weighted by Gasteiger charge is 2.20. The summed E-state index contributed by atoms with van der Waals surface area (Å²) in [6, 6.07) is 2.20. The lowest BCUT2D eigenvalue weighted by Gasteiger charge is -2.17. The summed E-state index contributed by atoms with van der Waals surface area (Å²) in [5, 5.41) is 2.46. The Labute approximate surface area is 116 Å². The fourth-order valence-corrected chi connectivity index (χ4v) is 1.80. The number of primary amides is 1. The number of nitrogens with two attached hydrogens (primary N) is 1. The van der Waals surface area contributed by atoms with Gasteiger partial charge in [0.2, 0.25) is 11.8 Å². The molecule has 1 aromatic carbocycles. The van der Waals surface area contributed by atoms with Gasteiger partial charge in [-0.3, -0.25) is 9.59 Å². The lowest BCUT2D eigenvalue weighted by molar-refractivity contribution is -0.127. The second kappa shape index (κ2) is 6.98. The zero-order chi connectivity index (χ0) is 15.3. The van der Waals surface area contributed by atoms with Crippen LogP contribution in [0.2, 0.25) is 0 Å². The van der Waals surface area contributed by atoms with Crippen molar-refractivity contribution in [2.75, 3.05) is 0 Å². The molecule has 0 saturated heterocycles. The molecule has 2 amide bonds. The Kier molecular flexibility index (Phi) is 5.61. The van der Waals surface area contributed by atoms with Gasteiger partial charge in [-0.05, 0) is 24.0 Å². The molecule has 3 N–H and O–H groups in total. The number of carbonyl (C=O) groups is 2. The summed E-state index contributed by atoms with van der Waals surface area (Å²) in [5.41, 5.74) is 5.27. The van der Waals surface area contributed by atoms with E-state index in [1.807, 2.05) is 13.8 Å². The number of hydrogen-bond acceptors (Lipinski definition) is 2. The van der Waals surface area contributed by atoms with Crippen LogP contribution in [0.4, 0.5) is 8.78 Å². The normalized spacial score (nSPS) is 12.2. The van der Waals surface area contributed by atoms with Crippen molar-refractivity contribution in [3.05, 3.63) is 35.4 Å². The highest BCUT2D eigenvalue weighted by atomic mass is 19.1. The van der Waals surface area contributed by atoms with Crippen LogP contribution in [0.1, 0.15) is 25.8 Å². The minimum Gasteiger partial charge on any atom is -0.368 e. The standard InChI is InChI=1S/C14H18F2N2O2/c1-8(2)5-12(14(17)20)18-13(19)6-9-3-4-10(15)7-11(9)16/h3-4,7-8,12H,5-6H2,1-2H3,(H2,17,20)(H,18,19)/t12-/m1/s1. The third kappa shape index (κ3) is 4.95. The third-order valence-electron chi connectivity index (χ3n) is 2.75. The smallest absolute Gasteiger partial charge is 0.240 e. The lowest BCUT2D eigenvalue weighted by Crippen LogP contribution is -2.45. The Balaban J connectivity index is 2.68. The Morgan fingerprint density at radius 3 is 2.45 bits per heavy atom. The Morgan fingerprint density at radius 2 is 1.95 bits per heavy atom. The summed E-state index contributed by atoms with van der Waals surface area (Å²) < 4.78 is 26.1. The molecule has 1 rings (SSSR count). The largest absolute Gasteiger partial charge is 0.368 e. The van der Waals surface area contributed by atoms with Gasteiger partial charge < -0.3 is 11.1 Å². The van der Waals surface area contributed by atoms with Crippen molar-refractivity contribution in [2.24, 2.45) is 11.7 Å². The number of nitrogens with one attached hydrogen (secondary N) is 1. The van der Waals surface area contributed by atoms with Crippen LogP contribution in [0.25, 0.3) is 0 Å². The maximum atomic E-state index is 13.4. The van der Waals surface area contributed by atoms with Gasteiger partial charge in [0.1, 0.15) is 17.7 Å². The average Bonchev–Trinajstić information content (AvgIpc) is 2.31. The van der Waals surface area contributed by atoms with E-state index < -0.39 is 29.5 Å². The van der Waals surface area contributed by atoms with Crippen molar-refractivity contribution in [3.63, 3.8) is 0 Å². The average molecular weight is 284 g/mol. The zero-order valence-corrected chi connectivity index (χ0v) is 11.5. The highest BCUT2D eigenvalue weighted by molar-refractivity contribution is 5.87. The van der Waals surface area contributed by atoms with Gasteiger partial charge >= 0.3 is 0 Å². The Hall–Kier alpha value is -1.98. The predicted octanol–water partition coefficient (Wildman–Crippen LogP) is 1.52. The molecule has 4 nitrogen and oxygen atoms in total. The van der Waals surface area contributed by atoms with Gasteiger partial charge in [-0.25, -0.2) is 8.78 Å². The molecule has 0 aliphatic rings. The van der Waals surface area contributed by atoms with Crippen LogP contribution in [0, 0.1) is 17.6 Å². The molecule has 20 heavy (non-hydrogen) atoms. The molecule has 0 fully saturated rings. The fourth-order valence-electron chi connectivity index (χ4n) is 1.80. The van der Waals surface area contributed by atoms with Crippen molar-refractivity contribution in [1.29, 1.82) is 0 Å². The van der Waals surface area contributed by atoms with Gasteiger partial charge in [-0.1, -0.05) is 19.9 Å². The first-order chi connectivity index (χ1) is 9.29. The number of benzene rings is 1. The van der Waals surface area contributed by atoms with Crippen LogP contribution in [-0.2, 0) is 16.0 Å². The van der Waals surface area contributed by atoms with Crippen LogP contribution in [-0.4, -0.2) is 17.9 Å². The number of rotatable bonds is 6. The maximum Gasteiger partial charge on any atom is 0.240 e. The van der Waals surface area contributed by atoms with Gasteiger partial charge in [0.05, 0.1) is 6.42 Å². The van der Waals surface area contributed by atoms with E-state index in [2.05, 4.69) is 5.32 Å². The summed E-state index contributed by atoms with van der Waals surface area (Å²) in [4.78, 5) is 23.0. The first-order valence-corrected chi connectivity index (χ1v) is 6.32. The minimum absolute atomic E-state index is 0.0664. The molecule has 1 aromatic rings. The van der Waals surface area contributed by atoms with Crippen molar-refractivity contribution in [3.8, 4) is 0 Å². The monoisotopic (exact) mass is 284 g/mol. The van der Waals surface area contributed by atoms with Crippen molar-refractivity contribution >= 4 is 11.8 Å². The summed E-state index contributed by atoms with van der Waals surface area (Å²) >= 11 is 0. The zero-order valence-electron chi connectivity index (χ0n) is 11.5. The molecule has 0 aliphatic carbocycles. The van der Waals surface area contributed by atoms with Crippen LogP contribution in [0.3, 0.4) is 0 Å². The topological polar surface area (TPSA) is 72.2 Å². The summed E-state index contributed by atoms with van der Waals surface area (Å²) in [7, 11) is 0. The molecule has 0 aliphatic heterocycles. The predicted molar refractivity (Wildman–Crippen MR) is 70.6 cm³/mol. The second-order valence-electron chi connectivity index (χ2n) is 5.06. The quantitative estimate of drug-likeness (QED) is 0.831. The van der Waals surface area contributed by atoms with Crippen molar-refractivity contribution in [2.45, 2.75) is 32.7 Å². The first-order valence-electron chi connectivity index (χ1n) is 6.32. The van der Waals surface area contributed by atoms with Gasteiger partial charge in [-0.2, -0.15) is 0 Å². The van der Waals surface area contributed by atoms with Gasteiger partial charge in [0.25, 0.3) is 0 Å². The third-order valence-corrected chi connectivity index (χ3v) is 2.75. The molecular formula is C14H18F2N2O2. The Bertz CT molecular complexity index is 504. The van der Waals surface area contributed by atoms with Crippen molar-refractivity contribution in [1.82, 2.24) is 5.32 Å². The van der Waals surface area contributed by atoms with E-state index >= 15 is 0 Å². The molecule has 0 saturated carbocycles. The minimum atomic E-state index is -0.792. The number of hydrogen-bond donors (Lipinski definition) is 2. The molecule has 0 bridgehead atoms. The van der Waals surface area contributed by atoms with E-state index in [4.69, 9.17) is 5.73 Å². The van der Waals surface area contributed by atoms with Gasteiger partial charge in [0.15, 0.2) is 0 Å². The molecule has 0 radical (unpaired) electrons. The van der Waals surface area contributed by atoms with Crippen LogP contribution in [0.15, 0.2) is 18.2 Å². The molecule has 0 spiro atoms. The fraction of sp³-hybridized carbons (Fsp3) is 0.429. The van der Waals surface area contributed by atoms with E-state index in [9.17, 15) is 18.4 Å². The number of amides is 2. The summed E-state index contributed by atoms with van der Waals surface area (Å²) in [6.45, 7) is 3.78. The lowest BCUT2D eigenvalue weighted by atomic mass is 10.0. The van der Waals surface area contributed by atoms with Crippen LogP contribution in [0.5, 0.6) is 0 Å².